The Morgan fingerprint density at radius 1 is 1.38 bits per heavy atom. The minimum Gasteiger partial charge on any atom is -0.278 e. The molecule has 0 spiro atoms. The maximum Gasteiger partial charge on any atom is 0.416 e. The Bertz CT molecular complexity index is 583. The second kappa shape index (κ2) is 5.46. The highest BCUT2D eigenvalue weighted by molar-refractivity contribution is 6.05. The van der Waals surface area contributed by atoms with Gasteiger partial charge in [-0.15, -0.1) is 0 Å². The van der Waals surface area contributed by atoms with Crippen LogP contribution in [0.5, 0.6) is 0 Å². The van der Waals surface area contributed by atoms with Crippen LogP contribution in [0.4, 0.5) is 17.6 Å². The lowest BCUT2D eigenvalue weighted by Crippen LogP contribution is -2.33. The molecule has 0 N–H and O–H groups in total. The molecular weight excluding hydrogens is 290 g/mol. The van der Waals surface area contributed by atoms with Gasteiger partial charge in [0.05, 0.1) is 11.1 Å². The summed E-state index contributed by atoms with van der Waals surface area (Å²) in [5.74, 6) is -2.60. The van der Waals surface area contributed by atoms with Crippen LogP contribution in [0.1, 0.15) is 35.7 Å². The Labute approximate surface area is 118 Å². The Balaban J connectivity index is 2.33. The van der Waals surface area contributed by atoms with Gasteiger partial charge in [0, 0.05) is 13.0 Å². The van der Waals surface area contributed by atoms with E-state index in [1.165, 1.54) is 0 Å². The van der Waals surface area contributed by atoms with Crippen molar-refractivity contribution in [2.24, 2.45) is 5.92 Å². The zero-order chi connectivity index (χ0) is 15.8. The summed E-state index contributed by atoms with van der Waals surface area (Å²) in [6.07, 6.45) is -3.85. The molecule has 114 valence electrons. The second-order valence-corrected chi connectivity index (χ2v) is 4.98. The molecule has 7 heteroatoms. The highest BCUT2D eigenvalue weighted by Gasteiger charge is 2.36. The highest BCUT2D eigenvalue weighted by Crippen LogP contribution is 2.31. The number of likely N-dealkylation sites (tertiary alicyclic amines) is 1. The smallest absolute Gasteiger partial charge is 0.278 e. The molecule has 0 bridgehead atoms. The summed E-state index contributed by atoms with van der Waals surface area (Å²) in [6.45, 7) is 1.96. The van der Waals surface area contributed by atoms with Crippen LogP contribution in [0.15, 0.2) is 18.2 Å². The molecule has 0 aromatic heterocycles. The van der Waals surface area contributed by atoms with Gasteiger partial charge in [0.1, 0.15) is 5.82 Å². The first-order valence-corrected chi connectivity index (χ1v) is 6.45. The highest BCUT2D eigenvalue weighted by atomic mass is 19.4. The third kappa shape index (κ3) is 3.06. The molecule has 0 saturated carbocycles. The largest absolute Gasteiger partial charge is 0.416 e. The molecule has 1 atom stereocenters. The van der Waals surface area contributed by atoms with E-state index < -0.39 is 34.9 Å². The molecule has 1 aliphatic rings. The summed E-state index contributed by atoms with van der Waals surface area (Å²) in [5.41, 5.74) is -1.85. The third-order valence-electron chi connectivity index (χ3n) is 3.55. The van der Waals surface area contributed by atoms with E-state index in [-0.39, 0.29) is 18.9 Å². The fraction of sp³-hybridized carbons (Fsp3) is 0.429. The minimum atomic E-state index is -4.68. The van der Waals surface area contributed by atoms with Gasteiger partial charge in [0.25, 0.3) is 5.91 Å². The molecular formula is C14H13F4NO2. The Morgan fingerprint density at radius 3 is 2.57 bits per heavy atom. The molecule has 2 rings (SSSR count). The lowest BCUT2D eigenvalue weighted by atomic mass is 10.1. The number of benzene rings is 1. The fourth-order valence-corrected chi connectivity index (χ4v) is 2.26. The van der Waals surface area contributed by atoms with E-state index >= 15 is 0 Å². The first kappa shape index (κ1) is 15.5. The van der Waals surface area contributed by atoms with Gasteiger partial charge in [-0.2, -0.15) is 13.2 Å². The van der Waals surface area contributed by atoms with Crippen LogP contribution >= 0.6 is 0 Å². The van der Waals surface area contributed by atoms with Gasteiger partial charge in [0.2, 0.25) is 5.91 Å². The van der Waals surface area contributed by atoms with Gasteiger partial charge in [-0.05, 0) is 24.1 Å². The first-order chi connectivity index (χ1) is 9.74. The van der Waals surface area contributed by atoms with Crippen molar-refractivity contribution in [3.05, 3.63) is 35.1 Å². The van der Waals surface area contributed by atoms with Crippen molar-refractivity contribution in [1.82, 2.24) is 4.90 Å². The molecule has 21 heavy (non-hydrogen) atoms. The van der Waals surface area contributed by atoms with Crippen LogP contribution in [0.2, 0.25) is 0 Å². The Kier molecular flexibility index (Phi) is 4.02. The third-order valence-corrected chi connectivity index (χ3v) is 3.55. The number of halogens is 4. The van der Waals surface area contributed by atoms with E-state index in [1.54, 1.807) is 0 Å². The van der Waals surface area contributed by atoms with Gasteiger partial charge < -0.3 is 0 Å². The Hall–Kier alpha value is -1.92. The summed E-state index contributed by atoms with van der Waals surface area (Å²) >= 11 is 0. The molecule has 1 aliphatic heterocycles. The number of imide groups is 1. The lowest BCUT2D eigenvalue weighted by molar-refractivity contribution is -0.137. The van der Waals surface area contributed by atoms with Crippen molar-refractivity contribution in [2.45, 2.75) is 25.9 Å². The summed E-state index contributed by atoms with van der Waals surface area (Å²) in [4.78, 5) is 24.7. The molecule has 3 nitrogen and oxygen atoms in total. The first-order valence-electron chi connectivity index (χ1n) is 6.45. The monoisotopic (exact) mass is 303 g/mol. The SMILES string of the molecule is CCC1CC(=O)N(C(=O)c2cc(C(F)(F)F)ccc2F)C1. The number of hydrogen-bond acceptors (Lipinski definition) is 2. The molecule has 2 amide bonds. The van der Waals surface area contributed by atoms with Crippen molar-refractivity contribution in [3.8, 4) is 0 Å². The minimum absolute atomic E-state index is 0.0321. The maximum absolute atomic E-state index is 13.6. The molecule has 1 unspecified atom stereocenters. The van der Waals surface area contributed by atoms with Crippen LogP contribution in [0.25, 0.3) is 0 Å². The normalized spacial score (nSPS) is 19.2. The molecule has 0 radical (unpaired) electrons. The van der Waals surface area contributed by atoms with Gasteiger partial charge in [-0.1, -0.05) is 13.3 Å². The van der Waals surface area contributed by atoms with Crippen LogP contribution in [0.3, 0.4) is 0 Å². The average Bonchev–Trinajstić information content (AvgIpc) is 2.78. The topological polar surface area (TPSA) is 37.4 Å². The number of carbonyl (C=O) groups is 2. The van der Waals surface area contributed by atoms with Gasteiger partial charge in [0.15, 0.2) is 0 Å². The molecule has 1 heterocycles. The zero-order valence-corrected chi connectivity index (χ0v) is 11.2. The molecule has 1 aromatic carbocycles. The summed E-state index contributed by atoms with van der Waals surface area (Å²) in [5, 5.41) is 0. The average molecular weight is 303 g/mol. The maximum atomic E-state index is 13.6. The van der Waals surface area contributed by atoms with Crippen LogP contribution in [0, 0.1) is 11.7 Å². The van der Waals surface area contributed by atoms with Crippen LogP contribution in [-0.2, 0) is 11.0 Å². The van der Waals surface area contributed by atoms with Crippen LogP contribution < -0.4 is 0 Å². The number of alkyl halides is 3. The van der Waals surface area contributed by atoms with E-state index in [0.29, 0.717) is 24.6 Å². The molecule has 1 saturated heterocycles. The van der Waals surface area contributed by atoms with E-state index in [0.717, 1.165) is 4.90 Å². The predicted octanol–water partition coefficient (Wildman–Crippen LogP) is 3.24. The van der Waals surface area contributed by atoms with Crippen molar-refractivity contribution in [2.75, 3.05) is 6.54 Å². The fourth-order valence-electron chi connectivity index (χ4n) is 2.26. The van der Waals surface area contributed by atoms with Gasteiger partial charge in [-0.25, -0.2) is 4.39 Å². The number of nitrogens with zero attached hydrogens (tertiary/aromatic N) is 1. The number of carbonyl (C=O) groups excluding carboxylic acids is 2. The zero-order valence-electron chi connectivity index (χ0n) is 11.2. The standard InChI is InChI=1S/C14H13F4NO2/c1-2-8-5-12(20)19(7-8)13(21)10-6-9(14(16,17)18)3-4-11(10)15/h3-4,6,8H,2,5,7H2,1H3. The number of hydrogen-bond donors (Lipinski definition) is 0. The summed E-state index contributed by atoms with van der Waals surface area (Å²) < 4.78 is 51.5. The Morgan fingerprint density at radius 2 is 2.05 bits per heavy atom. The van der Waals surface area contributed by atoms with Crippen molar-refractivity contribution in [1.29, 1.82) is 0 Å². The van der Waals surface area contributed by atoms with Crippen LogP contribution in [-0.4, -0.2) is 23.3 Å². The van der Waals surface area contributed by atoms with Crippen molar-refractivity contribution in [3.63, 3.8) is 0 Å². The second-order valence-electron chi connectivity index (χ2n) is 4.98. The predicted molar refractivity (Wildman–Crippen MR) is 65.8 cm³/mol. The number of rotatable bonds is 2. The summed E-state index contributed by atoms with van der Waals surface area (Å²) in [6, 6.07) is 1.60. The molecule has 0 aliphatic carbocycles. The van der Waals surface area contributed by atoms with E-state index in [1.807, 2.05) is 6.92 Å². The van der Waals surface area contributed by atoms with E-state index in [9.17, 15) is 27.2 Å². The lowest BCUT2D eigenvalue weighted by Gasteiger charge is -2.16. The van der Waals surface area contributed by atoms with Crippen molar-refractivity contribution >= 4 is 11.8 Å². The molecule has 1 aromatic rings. The quantitative estimate of drug-likeness (QED) is 0.621. The molecule has 1 fully saturated rings. The number of amides is 2. The van der Waals surface area contributed by atoms with E-state index in [4.69, 9.17) is 0 Å². The van der Waals surface area contributed by atoms with E-state index in [2.05, 4.69) is 0 Å². The van der Waals surface area contributed by atoms with Gasteiger partial charge >= 0.3 is 6.18 Å². The summed E-state index contributed by atoms with van der Waals surface area (Å²) in [7, 11) is 0. The van der Waals surface area contributed by atoms with Crippen molar-refractivity contribution < 1.29 is 27.2 Å². The van der Waals surface area contributed by atoms with Gasteiger partial charge in [-0.3, -0.25) is 14.5 Å².